The number of ether oxygens (including phenoxy) is 1. The Morgan fingerprint density at radius 2 is 2.56 bits per heavy atom. The van der Waals surface area contributed by atoms with Gasteiger partial charge in [0.25, 0.3) is 0 Å². The zero-order valence-electron chi connectivity index (χ0n) is 4.50. The minimum Gasteiger partial charge on any atom is -0.449 e. The van der Waals surface area contributed by atoms with Gasteiger partial charge >= 0.3 is 5.43 Å². The maximum absolute atomic E-state index is 9.83. The van der Waals surface area contributed by atoms with Gasteiger partial charge in [-0.25, -0.2) is 4.79 Å². The van der Waals surface area contributed by atoms with Crippen LogP contribution in [0.4, 0.5) is 4.79 Å². The largest absolute Gasteiger partial charge is 0.449 e. The summed E-state index contributed by atoms with van der Waals surface area (Å²) in [4.78, 5) is 9.83. The molecule has 0 amide bonds. The minimum atomic E-state index is -0.863. The predicted octanol–water partition coefficient (Wildman–Crippen LogP) is 1.44. The summed E-state index contributed by atoms with van der Waals surface area (Å²) in [6, 6.07) is 1.73. The lowest BCUT2D eigenvalue weighted by Crippen LogP contribution is -1.91. The van der Waals surface area contributed by atoms with Crippen LogP contribution in [0.5, 0.6) is 0 Å². The van der Waals surface area contributed by atoms with Gasteiger partial charge in [-0.15, -0.1) is 0 Å². The van der Waals surface area contributed by atoms with Gasteiger partial charge in [0.1, 0.15) is 6.61 Å². The third kappa shape index (κ3) is 6.99. The number of hydrogen-bond acceptors (Lipinski definition) is 3. The number of hydrogen-bond donors (Lipinski definition) is 0. The van der Waals surface area contributed by atoms with E-state index in [2.05, 4.69) is 4.74 Å². The summed E-state index contributed by atoms with van der Waals surface area (Å²) in [7, 11) is 0. The summed E-state index contributed by atoms with van der Waals surface area (Å²) >= 11 is 4.78. The highest BCUT2D eigenvalue weighted by molar-refractivity contribution is 6.61. The molecule has 4 heteroatoms. The molecule has 0 unspecified atom stereocenters. The highest BCUT2D eigenvalue weighted by atomic mass is 35.5. The Balaban J connectivity index is 3.22. The van der Waals surface area contributed by atoms with E-state index in [9.17, 15) is 4.79 Å². The topological polar surface area (TPSA) is 50.1 Å². The molecule has 0 radical (unpaired) electrons. The fourth-order valence-corrected chi connectivity index (χ4v) is 0.277. The van der Waals surface area contributed by atoms with Gasteiger partial charge in [0.2, 0.25) is 0 Å². The van der Waals surface area contributed by atoms with Crippen molar-refractivity contribution >= 4 is 17.0 Å². The van der Waals surface area contributed by atoms with E-state index in [0.717, 1.165) is 0 Å². The first kappa shape index (κ1) is 7.99. The molecule has 0 aromatic rings. The van der Waals surface area contributed by atoms with E-state index < -0.39 is 5.43 Å². The molecule has 9 heavy (non-hydrogen) atoms. The molecule has 0 N–H and O–H groups in total. The maximum atomic E-state index is 9.83. The van der Waals surface area contributed by atoms with Crippen molar-refractivity contribution in [3.8, 4) is 6.07 Å². The lowest BCUT2D eigenvalue weighted by molar-refractivity contribution is 0.186. The molecule has 0 atom stereocenters. The molecule has 0 aliphatic rings. The molecule has 0 aromatic carbocycles. The lowest BCUT2D eigenvalue weighted by atomic mass is 10.5. The highest BCUT2D eigenvalue weighted by Gasteiger charge is 1.88. The third-order valence-electron chi connectivity index (χ3n) is 0.485. The first-order valence-corrected chi connectivity index (χ1v) is 2.52. The molecule has 0 saturated heterocycles. The zero-order valence-corrected chi connectivity index (χ0v) is 5.26. The zero-order chi connectivity index (χ0) is 7.11. The average molecular weight is 146 g/mol. The van der Waals surface area contributed by atoms with Gasteiger partial charge in [-0.3, -0.25) is 0 Å². The minimum absolute atomic E-state index is 0.0515. The standard InChI is InChI=1S/C5H4ClNO2/c6-5(8)9-4-2-1-3-7/h1-2H,4H2/b2-1+. The Morgan fingerprint density at radius 3 is 3.00 bits per heavy atom. The molecule has 0 fully saturated rings. The molecule has 3 nitrogen and oxygen atoms in total. The first-order chi connectivity index (χ1) is 4.27. The Morgan fingerprint density at radius 1 is 1.89 bits per heavy atom. The summed E-state index contributed by atoms with van der Waals surface area (Å²) in [6.45, 7) is 0.0515. The van der Waals surface area contributed by atoms with Crippen LogP contribution in [-0.4, -0.2) is 12.0 Å². The first-order valence-electron chi connectivity index (χ1n) is 2.14. The molecule has 0 aromatic heterocycles. The summed E-state index contributed by atoms with van der Waals surface area (Å²) in [6.07, 6.45) is 2.60. The van der Waals surface area contributed by atoms with Gasteiger partial charge in [0.05, 0.1) is 6.07 Å². The number of nitriles is 1. The van der Waals surface area contributed by atoms with E-state index in [1.807, 2.05) is 0 Å². The van der Waals surface area contributed by atoms with Crippen molar-refractivity contribution in [3.63, 3.8) is 0 Å². The van der Waals surface area contributed by atoms with Crippen molar-refractivity contribution in [3.05, 3.63) is 12.2 Å². The van der Waals surface area contributed by atoms with E-state index in [0.29, 0.717) is 0 Å². The van der Waals surface area contributed by atoms with Gasteiger partial charge in [-0.05, 0) is 6.08 Å². The SMILES string of the molecule is N#C/C=C/COC(=O)Cl. The molecule has 0 saturated carbocycles. The van der Waals surface area contributed by atoms with E-state index in [1.165, 1.54) is 12.2 Å². The third-order valence-corrected chi connectivity index (χ3v) is 0.595. The van der Waals surface area contributed by atoms with E-state index in [-0.39, 0.29) is 6.61 Å². The van der Waals surface area contributed by atoms with E-state index in [4.69, 9.17) is 16.9 Å². The summed E-state index contributed by atoms with van der Waals surface area (Å²) in [5.74, 6) is 0. The summed E-state index contributed by atoms with van der Waals surface area (Å²) in [5.41, 5.74) is -0.863. The predicted molar refractivity (Wildman–Crippen MR) is 32.0 cm³/mol. The van der Waals surface area contributed by atoms with Crippen LogP contribution in [0.3, 0.4) is 0 Å². The number of carbonyl (C=O) groups is 1. The number of carbonyl (C=O) groups excluding carboxylic acids is 1. The fraction of sp³-hybridized carbons (Fsp3) is 0.200. The molecular formula is C5H4ClNO2. The van der Waals surface area contributed by atoms with Crippen molar-refractivity contribution in [2.75, 3.05) is 6.61 Å². The van der Waals surface area contributed by atoms with Crippen LogP contribution in [0.25, 0.3) is 0 Å². The fourth-order valence-electron chi connectivity index (χ4n) is 0.214. The van der Waals surface area contributed by atoms with Crippen LogP contribution in [0, 0.1) is 11.3 Å². The maximum Gasteiger partial charge on any atom is 0.404 e. The second-order valence-electron chi connectivity index (χ2n) is 1.08. The number of nitrogens with zero attached hydrogens (tertiary/aromatic N) is 1. The van der Waals surface area contributed by atoms with Crippen molar-refractivity contribution in [1.29, 1.82) is 5.26 Å². The van der Waals surface area contributed by atoms with Gasteiger partial charge in [0, 0.05) is 17.7 Å². The summed E-state index contributed by atoms with van der Waals surface area (Å²) in [5, 5.41) is 7.92. The van der Waals surface area contributed by atoms with Crippen LogP contribution in [-0.2, 0) is 4.74 Å². The van der Waals surface area contributed by atoms with Gasteiger partial charge in [-0.1, -0.05) is 0 Å². The van der Waals surface area contributed by atoms with Gasteiger partial charge in [-0.2, -0.15) is 5.26 Å². The molecule has 0 spiro atoms. The quantitative estimate of drug-likeness (QED) is 0.436. The Bertz CT molecular complexity index is 159. The van der Waals surface area contributed by atoms with E-state index >= 15 is 0 Å². The molecule has 0 aliphatic heterocycles. The van der Waals surface area contributed by atoms with Gasteiger partial charge < -0.3 is 4.74 Å². The lowest BCUT2D eigenvalue weighted by Gasteiger charge is -1.89. The van der Waals surface area contributed by atoms with Crippen LogP contribution in [0.15, 0.2) is 12.2 Å². The summed E-state index contributed by atoms with van der Waals surface area (Å²) < 4.78 is 4.23. The second kappa shape index (κ2) is 5.13. The monoisotopic (exact) mass is 145 g/mol. The highest BCUT2D eigenvalue weighted by Crippen LogP contribution is 1.85. The molecule has 48 valence electrons. The number of halogens is 1. The average Bonchev–Trinajstić information content (AvgIpc) is 1.80. The smallest absolute Gasteiger partial charge is 0.404 e. The van der Waals surface area contributed by atoms with Crippen molar-refractivity contribution < 1.29 is 9.53 Å². The normalized spacial score (nSPS) is 8.89. The Kier molecular flexibility index (Phi) is 4.56. The second-order valence-corrected chi connectivity index (χ2v) is 1.39. The van der Waals surface area contributed by atoms with Crippen LogP contribution < -0.4 is 0 Å². The molecule has 0 bridgehead atoms. The Labute approximate surface area is 57.5 Å². The van der Waals surface area contributed by atoms with Crippen molar-refractivity contribution in [2.45, 2.75) is 0 Å². The molecule has 0 rings (SSSR count). The molecule has 0 aliphatic carbocycles. The molecule has 0 heterocycles. The Hall–Kier alpha value is -1.01. The number of allylic oxidation sites excluding steroid dienone is 1. The van der Waals surface area contributed by atoms with Crippen molar-refractivity contribution in [2.24, 2.45) is 0 Å². The number of rotatable bonds is 2. The molecular weight excluding hydrogens is 142 g/mol. The van der Waals surface area contributed by atoms with Crippen LogP contribution in [0.2, 0.25) is 0 Å². The van der Waals surface area contributed by atoms with Crippen LogP contribution >= 0.6 is 11.6 Å². The van der Waals surface area contributed by atoms with Crippen LogP contribution in [0.1, 0.15) is 0 Å². The van der Waals surface area contributed by atoms with Crippen molar-refractivity contribution in [1.82, 2.24) is 0 Å². The van der Waals surface area contributed by atoms with Gasteiger partial charge in [0.15, 0.2) is 0 Å². The van der Waals surface area contributed by atoms with E-state index in [1.54, 1.807) is 6.07 Å².